The summed E-state index contributed by atoms with van der Waals surface area (Å²) in [5.74, 6) is 0.609. The molecule has 0 fully saturated rings. The van der Waals surface area contributed by atoms with E-state index in [9.17, 15) is 16.8 Å². The molecule has 1 N–H and O–H groups in total. The maximum Gasteiger partial charge on any atom is 0.262 e. The Labute approximate surface area is 154 Å². The Kier molecular flexibility index (Phi) is 5.52. The van der Waals surface area contributed by atoms with Gasteiger partial charge in [0.05, 0.1) is 29.6 Å². The van der Waals surface area contributed by atoms with Crippen molar-refractivity contribution in [3.05, 3.63) is 47.5 Å². The van der Waals surface area contributed by atoms with Gasteiger partial charge < -0.3 is 4.74 Å². The average molecular weight is 399 g/mol. The first-order chi connectivity index (χ1) is 12.0. The molecule has 9 heteroatoms. The molecule has 0 spiro atoms. The number of hydrogen-bond donors (Lipinski definition) is 1. The van der Waals surface area contributed by atoms with Crippen LogP contribution in [0.1, 0.15) is 11.1 Å². The number of ether oxygens (including phenoxy) is 1. The van der Waals surface area contributed by atoms with E-state index in [-0.39, 0.29) is 10.6 Å². The van der Waals surface area contributed by atoms with E-state index >= 15 is 0 Å². The number of rotatable bonds is 6. The van der Waals surface area contributed by atoms with E-state index in [1.807, 2.05) is 0 Å². The van der Waals surface area contributed by atoms with Crippen molar-refractivity contribution in [2.45, 2.75) is 18.7 Å². The summed E-state index contributed by atoms with van der Waals surface area (Å²) >= 11 is 0. The van der Waals surface area contributed by atoms with Crippen LogP contribution in [0.5, 0.6) is 5.75 Å². The number of sulfonamides is 2. The number of anilines is 2. The maximum atomic E-state index is 12.8. The van der Waals surface area contributed by atoms with E-state index < -0.39 is 20.0 Å². The molecular formula is C17H22N2O5S2. The lowest BCUT2D eigenvalue weighted by atomic mass is 10.1. The Morgan fingerprint density at radius 1 is 1.00 bits per heavy atom. The van der Waals surface area contributed by atoms with Gasteiger partial charge >= 0.3 is 0 Å². The molecule has 26 heavy (non-hydrogen) atoms. The molecule has 0 bridgehead atoms. The molecule has 0 aliphatic rings. The molecule has 0 aliphatic carbocycles. The van der Waals surface area contributed by atoms with Crippen LogP contribution in [0.4, 0.5) is 11.4 Å². The average Bonchev–Trinajstić information content (AvgIpc) is 2.55. The normalized spacial score (nSPS) is 11.9. The van der Waals surface area contributed by atoms with Gasteiger partial charge in [0, 0.05) is 7.05 Å². The van der Waals surface area contributed by atoms with Crippen LogP contribution in [0.3, 0.4) is 0 Å². The highest BCUT2D eigenvalue weighted by Gasteiger charge is 2.20. The van der Waals surface area contributed by atoms with Crippen LogP contribution in [0.2, 0.25) is 0 Å². The van der Waals surface area contributed by atoms with Gasteiger partial charge in [-0.05, 0) is 55.3 Å². The Bertz CT molecular complexity index is 1030. The van der Waals surface area contributed by atoms with Crippen LogP contribution in [0, 0.1) is 13.8 Å². The molecule has 0 heterocycles. The molecule has 0 aromatic heterocycles. The van der Waals surface area contributed by atoms with Gasteiger partial charge in [-0.2, -0.15) is 0 Å². The van der Waals surface area contributed by atoms with Crippen LogP contribution >= 0.6 is 0 Å². The Balaban J connectivity index is 2.41. The number of benzene rings is 2. The van der Waals surface area contributed by atoms with Gasteiger partial charge in [-0.3, -0.25) is 9.03 Å². The number of nitrogens with one attached hydrogen (secondary N) is 1. The lowest BCUT2D eigenvalue weighted by Gasteiger charge is -2.18. The van der Waals surface area contributed by atoms with Gasteiger partial charge in [0.25, 0.3) is 10.0 Å². The summed E-state index contributed by atoms with van der Waals surface area (Å²) in [6.07, 6.45) is 1.08. The van der Waals surface area contributed by atoms with Gasteiger partial charge in [-0.25, -0.2) is 16.8 Å². The third-order valence-corrected chi connectivity index (χ3v) is 6.89. The van der Waals surface area contributed by atoms with Crippen molar-refractivity contribution in [2.75, 3.05) is 29.4 Å². The van der Waals surface area contributed by atoms with E-state index in [1.54, 1.807) is 38.1 Å². The van der Waals surface area contributed by atoms with E-state index in [2.05, 4.69) is 4.72 Å². The molecule has 2 aromatic rings. The minimum Gasteiger partial charge on any atom is -0.496 e. The zero-order chi connectivity index (χ0) is 19.7. The Hall–Kier alpha value is -2.26. The Morgan fingerprint density at radius 2 is 1.65 bits per heavy atom. The second-order valence-corrected chi connectivity index (χ2v) is 9.57. The van der Waals surface area contributed by atoms with Gasteiger partial charge in [0.15, 0.2) is 0 Å². The molecule has 0 radical (unpaired) electrons. The third kappa shape index (κ3) is 4.10. The predicted octanol–water partition coefficient (Wildman–Crippen LogP) is 2.51. The number of methoxy groups -OCH3 is 1. The fourth-order valence-electron chi connectivity index (χ4n) is 2.45. The smallest absolute Gasteiger partial charge is 0.262 e. The quantitative estimate of drug-likeness (QED) is 0.807. The fraction of sp³-hybridized carbons (Fsp3) is 0.294. The molecule has 2 rings (SSSR count). The summed E-state index contributed by atoms with van der Waals surface area (Å²) in [5, 5.41) is 0. The second-order valence-electron chi connectivity index (χ2n) is 5.90. The Morgan fingerprint density at radius 3 is 2.23 bits per heavy atom. The van der Waals surface area contributed by atoms with Crippen molar-refractivity contribution in [3.8, 4) is 5.75 Å². The van der Waals surface area contributed by atoms with Crippen molar-refractivity contribution in [1.29, 1.82) is 0 Å². The van der Waals surface area contributed by atoms with E-state index in [0.29, 0.717) is 17.0 Å². The number of hydrogen-bond acceptors (Lipinski definition) is 5. The van der Waals surface area contributed by atoms with E-state index in [0.717, 1.165) is 16.1 Å². The summed E-state index contributed by atoms with van der Waals surface area (Å²) in [6.45, 7) is 3.50. The van der Waals surface area contributed by atoms with Crippen molar-refractivity contribution in [1.82, 2.24) is 0 Å². The van der Waals surface area contributed by atoms with Crippen LogP contribution < -0.4 is 13.8 Å². The first kappa shape index (κ1) is 20.1. The topological polar surface area (TPSA) is 92.8 Å². The largest absolute Gasteiger partial charge is 0.496 e. The van der Waals surface area contributed by atoms with Crippen LogP contribution in [-0.2, 0) is 20.0 Å². The molecule has 0 saturated carbocycles. The molecule has 0 saturated heterocycles. The minimum atomic E-state index is -3.84. The molecule has 0 amide bonds. The van der Waals surface area contributed by atoms with Crippen molar-refractivity contribution >= 4 is 31.4 Å². The summed E-state index contributed by atoms with van der Waals surface area (Å²) in [4.78, 5) is 0.137. The fourth-order valence-corrected chi connectivity index (χ4v) is 4.30. The maximum absolute atomic E-state index is 12.8. The molecule has 0 atom stereocenters. The monoisotopic (exact) mass is 398 g/mol. The zero-order valence-corrected chi connectivity index (χ0v) is 16.9. The highest BCUT2D eigenvalue weighted by atomic mass is 32.2. The summed E-state index contributed by atoms with van der Waals surface area (Å²) in [6, 6.07) is 9.27. The SMILES string of the molecule is COc1ccc(S(=O)(=O)Nc2cccc(N(C)S(C)(=O)=O)c2)c(C)c1C. The zero-order valence-electron chi connectivity index (χ0n) is 15.3. The summed E-state index contributed by atoms with van der Waals surface area (Å²) in [5.41, 5.74) is 1.95. The third-order valence-electron chi connectivity index (χ3n) is 4.16. The summed E-state index contributed by atoms with van der Waals surface area (Å²) < 4.78 is 57.7. The molecule has 142 valence electrons. The summed E-state index contributed by atoms with van der Waals surface area (Å²) in [7, 11) is -4.36. The van der Waals surface area contributed by atoms with Crippen LogP contribution in [-0.4, -0.2) is 37.2 Å². The molecule has 2 aromatic carbocycles. The van der Waals surface area contributed by atoms with Crippen molar-refractivity contribution in [3.63, 3.8) is 0 Å². The highest BCUT2D eigenvalue weighted by molar-refractivity contribution is 7.93. The van der Waals surface area contributed by atoms with Gasteiger partial charge in [-0.1, -0.05) is 6.07 Å². The lowest BCUT2D eigenvalue weighted by Crippen LogP contribution is -2.25. The van der Waals surface area contributed by atoms with Gasteiger partial charge in [-0.15, -0.1) is 0 Å². The first-order valence-corrected chi connectivity index (χ1v) is 11.0. The predicted molar refractivity (Wildman–Crippen MR) is 103 cm³/mol. The van der Waals surface area contributed by atoms with Crippen LogP contribution in [0.25, 0.3) is 0 Å². The van der Waals surface area contributed by atoms with E-state index in [1.165, 1.54) is 26.3 Å². The van der Waals surface area contributed by atoms with Gasteiger partial charge in [0.2, 0.25) is 10.0 Å². The number of nitrogens with zero attached hydrogens (tertiary/aromatic N) is 1. The molecule has 7 nitrogen and oxygen atoms in total. The molecule has 0 unspecified atom stereocenters. The van der Waals surface area contributed by atoms with E-state index in [4.69, 9.17) is 4.74 Å². The van der Waals surface area contributed by atoms with Crippen LogP contribution in [0.15, 0.2) is 41.3 Å². The van der Waals surface area contributed by atoms with Crippen molar-refractivity contribution < 1.29 is 21.6 Å². The second kappa shape index (κ2) is 7.16. The standard InChI is InChI=1S/C17H22N2O5S2/c1-12-13(2)17(10-9-16(12)24-4)26(22,23)18-14-7-6-8-15(11-14)19(3)25(5,20)21/h6-11,18H,1-5H3. The molecule has 0 aliphatic heterocycles. The molecular weight excluding hydrogens is 376 g/mol. The highest BCUT2D eigenvalue weighted by Crippen LogP contribution is 2.29. The lowest BCUT2D eigenvalue weighted by molar-refractivity contribution is 0.410. The van der Waals surface area contributed by atoms with Gasteiger partial charge in [0.1, 0.15) is 5.75 Å². The minimum absolute atomic E-state index is 0.137. The van der Waals surface area contributed by atoms with Crippen molar-refractivity contribution in [2.24, 2.45) is 0 Å². The first-order valence-electron chi connectivity index (χ1n) is 7.68.